The van der Waals surface area contributed by atoms with Gasteiger partial charge in [0.15, 0.2) is 0 Å². The summed E-state index contributed by atoms with van der Waals surface area (Å²) in [7, 11) is 1.98. The third-order valence-corrected chi connectivity index (χ3v) is 3.41. The number of nitrogens with zero attached hydrogens (tertiary/aromatic N) is 4. The number of benzene rings is 1. The van der Waals surface area contributed by atoms with E-state index in [9.17, 15) is 0 Å². The Morgan fingerprint density at radius 1 is 1.15 bits per heavy atom. The zero-order valence-electron chi connectivity index (χ0n) is 11.8. The van der Waals surface area contributed by atoms with Gasteiger partial charge in [0.1, 0.15) is 12.1 Å². The highest BCUT2D eigenvalue weighted by Gasteiger charge is 2.13. The number of aromatic nitrogens is 4. The lowest BCUT2D eigenvalue weighted by molar-refractivity contribution is 0.677. The molecule has 5 heteroatoms. The summed E-state index contributed by atoms with van der Waals surface area (Å²) in [6, 6.07) is 7.95. The van der Waals surface area contributed by atoms with Gasteiger partial charge in [0, 0.05) is 29.8 Å². The van der Waals surface area contributed by atoms with Gasteiger partial charge in [0.05, 0.1) is 11.2 Å². The van der Waals surface area contributed by atoms with Crippen molar-refractivity contribution in [2.24, 2.45) is 7.05 Å². The second-order valence-electron chi connectivity index (χ2n) is 5.22. The number of hydrogen-bond acceptors (Lipinski definition) is 4. The minimum absolute atomic E-state index is 0.413. The normalized spacial score (nSPS) is 11.4. The monoisotopic (exact) mass is 267 g/mol. The number of rotatable bonds is 2. The van der Waals surface area contributed by atoms with Crippen molar-refractivity contribution in [2.45, 2.75) is 19.8 Å². The molecule has 0 unspecified atom stereocenters. The Labute approximate surface area is 117 Å². The van der Waals surface area contributed by atoms with Crippen LogP contribution in [0.15, 0.2) is 30.6 Å². The van der Waals surface area contributed by atoms with Gasteiger partial charge in [0.2, 0.25) is 0 Å². The number of nitrogen functional groups attached to an aromatic ring is 1. The molecule has 0 atom stereocenters. The van der Waals surface area contributed by atoms with Crippen molar-refractivity contribution >= 4 is 16.7 Å². The first-order valence-electron chi connectivity index (χ1n) is 6.61. The number of aryl methyl sites for hydroxylation is 1. The maximum Gasteiger partial charge on any atom is 0.127 e. The molecule has 5 nitrogen and oxygen atoms in total. The van der Waals surface area contributed by atoms with E-state index in [1.54, 1.807) is 6.07 Å². The fourth-order valence-corrected chi connectivity index (χ4v) is 2.59. The lowest BCUT2D eigenvalue weighted by atomic mass is 10.0. The maximum absolute atomic E-state index is 5.72. The van der Waals surface area contributed by atoms with Crippen molar-refractivity contribution in [3.05, 3.63) is 36.3 Å². The Balaban J connectivity index is 2.22. The molecule has 0 amide bonds. The molecule has 0 fully saturated rings. The Morgan fingerprint density at radius 2 is 1.95 bits per heavy atom. The van der Waals surface area contributed by atoms with Crippen molar-refractivity contribution in [3.8, 4) is 11.3 Å². The minimum Gasteiger partial charge on any atom is -0.384 e. The smallest absolute Gasteiger partial charge is 0.127 e. The summed E-state index contributed by atoms with van der Waals surface area (Å²) >= 11 is 0. The van der Waals surface area contributed by atoms with E-state index in [4.69, 9.17) is 5.73 Å². The van der Waals surface area contributed by atoms with Crippen molar-refractivity contribution < 1.29 is 0 Å². The van der Waals surface area contributed by atoms with Gasteiger partial charge in [-0.1, -0.05) is 19.9 Å². The first-order valence-corrected chi connectivity index (χ1v) is 6.61. The number of nitrogens with two attached hydrogens (primary N) is 1. The molecule has 102 valence electrons. The van der Waals surface area contributed by atoms with Gasteiger partial charge in [-0.25, -0.2) is 9.97 Å². The van der Waals surface area contributed by atoms with E-state index < -0.39 is 0 Å². The Bertz CT molecular complexity index is 773. The van der Waals surface area contributed by atoms with Gasteiger partial charge in [-0.15, -0.1) is 0 Å². The van der Waals surface area contributed by atoms with E-state index in [1.165, 1.54) is 12.0 Å². The summed E-state index contributed by atoms with van der Waals surface area (Å²) in [4.78, 5) is 8.21. The second kappa shape index (κ2) is 4.59. The molecule has 2 N–H and O–H groups in total. The first kappa shape index (κ1) is 12.6. The molecule has 1 aromatic carbocycles. The summed E-state index contributed by atoms with van der Waals surface area (Å²) in [6.07, 6.45) is 1.49. The Hall–Kier alpha value is -2.43. The molecular weight excluding hydrogens is 250 g/mol. The van der Waals surface area contributed by atoms with Gasteiger partial charge in [-0.05, 0) is 18.1 Å². The van der Waals surface area contributed by atoms with Crippen LogP contribution in [-0.4, -0.2) is 19.7 Å². The van der Waals surface area contributed by atoms with Crippen LogP contribution in [0.25, 0.3) is 22.2 Å². The lowest BCUT2D eigenvalue weighted by Crippen LogP contribution is -1.99. The van der Waals surface area contributed by atoms with Crippen LogP contribution in [0.4, 0.5) is 5.82 Å². The number of fused-ring (bicyclic) bond motifs is 1. The zero-order chi connectivity index (χ0) is 14.3. The van der Waals surface area contributed by atoms with Crippen molar-refractivity contribution in [1.29, 1.82) is 0 Å². The van der Waals surface area contributed by atoms with Crippen LogP contribution in [0.5, 0.6) is 0 Å². The molecule has 3 rings (SSSR count). The third kappa shape index (κ3) is 2.01. The third-order valence-electron chi connectivity index (χ3n) is 3.41. The van der Waals surface area contributed by atoms with Crippen molar-refractivity contribution in [1.82, 2.24) is 19.7 Å². The Morgan fingerprint density at radius 3 is 2.65 bits per heavy atom. The molecule has 0 aliphatic rings. The molecule has 2 aromatic heterocycles. The van der Waals surface area contributed by atoms with Gasteiger partial charge in [-0.2, -0.15) is 5.10 Å². The Kier molecular flexibility index (Phi) is 2.89. The standard InChI is InChI=1S/C15H17N5/c1-9(2)15-11-6-10(4-5-12(11)19-20(15)3)13-7-14(16)18-8-17-13/h4-9H,1-3H3,(H2,16,17,18). The predicted molar refractivity (Wildman–Crippen MR) is 80.2 cm³/mol. The largest absolute Gasteiger partial charge is 0.384 e. The maximum atomic E-state index is 5.72. The molecule has 20 heavy (non-hydrogen) atoms. The average Bonchev–Trinajstić information content (AvgIpc) is 2.73. The van der Waals surface area contributed by atoms with E-state index in [-0.39, 0.29) is 0 Å². The highest BCUT2D eigenvalue weighted by Crippen LogP contribution is 2.29. The van der Waals surface area contributed by atoms with Gasteiger partial charge in [0.25, 0.3) is 0 Å². The summed E-state index contributed by atoms with van der Waals surface area (Å²) in [5.74, 6) is 0.890. The van der Waals surface area contributed by atoms with Crippen LogP contribution >= 0.6 is 0 Å². The van der Waals surface area contributed by atoms with E-state index in [1.807, 2.05) is 23.9 Å². The van der Waals surface area contributed by atoms with Gasteiger partial charge >= 0.3 is 0 Å². The number of anilines is 1. The quantitative estimate of drug-likeness (QED) is 0.775. The van der Waals surface area contributed by atoms with E-state index in [2.05, 4.69) is 35.0 Å². The highest BCUT2D eigenvalue weighted by molar-refractivity contribution is 5.86. The molecule has 0 spiro atoms. The number of hydrogen-bond donors (Lipinski definition) is 1. The van der Waals surface area contributed by atoms with E-state index in [0.29, 0.717) is 11.7 Å². The first-order chi connectivity index (χ1) is 9.56. The average molecular weight is 267 g/mol. The molecular formula is C15H17N5. The van der Waals surface area contributed by atoms with Gasteiger partial charge < -0.3 is 5.73 Å². The second-order valence-corrected chi connectivity index (χ2v) is 5.22. The molecule has 0 aliphatic heterocycles. The molecule has 0 bridgehead atoms. The van der Waals surface area contributed by atoms with Crippen LogP contribution in [0.3, 0.4) is 0 Å². The van der Waals surface area contributed by atoms with Crippen LogP contribution in [0.2, 0.25) is 0 Å². The molecule has 0 saturated carbocycles. The van der Waals surface area contributed by atoms with Crippen molar-refractivity contribution in [3.63, 3.8) is 0 Å². The molecule has 0 aliphatic carbocycles. The SMILES string of the molecule is CC(C)c1c2cc(-c3cc(N)ncn3)ccc2nn1C. The summed E-state index contributed by atoms with van der Waals surface area (Å²) in [6.45, 7) is 4.34. The topological polar surface area (TPSA) is 69.6 Å². The van der Waals surface area contributed by atoms with E-state index >= 15 is 0 Å². The summed E-state index contributed by atoms with van der Waals surface area (Å²) in [5, 5.41) is 5.71. The van der Waals surface area contributed by atoms with Crippen LogP contribution < -0.4 is 5.73 Å². The molecule has 3 aromatic rings. The molecule has 2 heterocycles. The summed E-state index contributed by atoms with van der Waals surface area (Å²) in [5.41, 5.74) is 9.81. The molecule has 0 radical (unpaired) electrons. The summed E-state index contributed by atoms with van der Waals surface area (Å²) < 4.78 is 1.95. The minimum atomic E-state index is 0.413. The predicted octanol–water partition coefficient (Wildman–Crippen LogP) is 2.74. The molecule has 0 saturated heterocycles. The fourth-order valence-electron chi connectivity index (χ4n) is 2.59. The van der Waals surface area contributed by atoms with Crippen LogP contribution in [-0.2, 0) is 7.05 Å². The van der Waals surface area contributed by atoms with Crippen LogP contribution in [0.1, 0.15) is 25.5 Å². The fraction of sp³-hybridized carbons (Fsp3) is 0.267. The lowest BCUT2D eigenvalue weighted by Gasteiger charge is -2.07. The van der Waals surface area contributed by atoms with E-state index in [0.717, 1.165) is 22.2 Å². The highest BCUT2D eigenvalue weighted by atomic mass is 15.3. The zero-order valence-corrected chi connectivity index (χ0v) is 11.8. The van der Waals surface area contributed by atoms with Crippen molar-refractivity contribution in [2.75, 3.05) is 5.73 Å². The van der Waals surface area contributed by atoms with Crippen LogP contribution in [0, 0.1) is 0 Å². The van der Waals surface area contributed by atoms with Gasteiger partial charge in [-0.3, -0.25) is 4.68 Å².